The zero-order valence-corrected chi connectivity index (χ0v) is 17.2. The molecular formula is C23H30N4O2. The van der Waals surface area contributed by atoms with Crippen molar-refractivity contribution in [3.63, 3.8) is 0 Å². The molecule has 0 aliphatic carbocycles. The van der Waals surface area contributed by atoms with E-state index in [4.69, 9.17) is 0 Å². The van der Waals surface area contributed by atoms with Gasteiger partial charge in [0, 0.05) is 32.1 Å². The van der Waals surface area contributed by atoms with Crippen molar-refractivity contribution < 1.29 is 9.59 Å². The Morgan fingerprint density at radius 3 is 2.31 bits per heavy atom. The lowest BCUT2D eigenvalue weighted by Crippen LogP contribution is -2.45. The molecule has 2 aromatic rings. The number of aromatic nitrogens is 2. The zero-order valence-electron chi connectivity index (χ0n) is 17.2. The summed E-state index contributed by atoms with van der Waals surface area (Å²) in [7, 11) is 0. The average molecular weight is 395 g/mol. The minimum absolute atomic E-state index is 0.0351. The number of carbonyl (C=O) groups is 2. The minimum atomic E-state index is 0.0351. The quantitative estimate of drug-likeness (QED) is 0.799. The molecule has 0 bridgehead atoms. The summed E-state index contributed by atoms with van der Waals surface area (Å²) in [6, 6.07) is 9.92. The van der Waals surface area contributed by atoms with Crippen molar-refractivity contribution in [3.05, 3.63) is 47.8 Å². The van der Waals surface area contributed by atoms with Gasteiger partial charge in [0.25, 0.3) is 5.91 Å². The molecule has 6 heteroatoms. The van der Waals surface area contributed by atoms with Gasteiger partial charge in [-0.2, -0.15) is 5.10 Å². The highest BCUT2D eigenvalue weighted by molar-refractivity contribution is 5.95. The van der Waals surface area contributed by atoms with E-state index < -0.39 is 0 Å². The topological polar surface area (TPSA) is 58.4 Å². The number of piperidine rings is 2. The molecule has 0 spiro atoms. The van der Waals surface area contributed by atoms with Gasteiger partial charge in [0.1, 0.15) is 0 Å². The summed E-state index contributed by atoms with van der Waals surface area (Å²) in [5, 5.41) is 4.49. The third kappa shape index (κ3) is 4.07. The predicted octanol–water partition coefficient (Wildman–Crippen LogP) is 3.30. The van der Waals surface area contributed by atoms with Gasteiger partial charge in [-0.3, -0.25) is 9.59 Å². The normalized spacial score (nSPS) is 18.1. The molecule has 2 aliphatic heterocycles. The molecule has 2 fully saturated rings. The monoisotopic (exact) mass is 394 g/mol. The number of benzene rings is 1. The fourth-order valence-electron chi connectivity index (χ4n) is 4.56. The smallest absolute Gasteiger partial charge is 0.257 e. The number of nitrogens with zero attached hydrogens (tertiary/aromatic N) is 4. The predicted molar refractivity (Wildman–Crippen MR) is 112 cm³/mol. The summed E-state index contributed by atoms with van der Waals surface area (Å²) < 4.78 is 1.86. The molecule has 0 N–H and O–H groups in total. The Balaban J connectivity index is 1.42. The summed E-state index contributed by atoms with van der Waals surface area (Å²) in [6.45, 7) is 5.13. The van der Waals surface area contributed by atoms with Crippen LogP contribution < -0.4 is 0 Å². The molecule has 0 saturated carbocycles. The maximum absolute atomic E-state index is 13.2. The fraction of sp³-hybridized carbons (Fsp3) is 0.522. The number of amides is 2. The lowest BCUT2D eigenvalue weighted by molar-refractivity contribution is -0.137. The van der Waals surface area contributed by atoms with E-state index in [0.717, 1.165) is 56.6 Å². The van der Waals surface area contributed by atoms with Crippen LogP contribution in [0.25, 0.3) is 5.69 Å². The summed E-state index contributed by atoms with van der Waals surface area (Å²) in [5.74, 6) is 0.394. The lowest BCUT2D eigenvalue weighted by Gasteiger charge is -2.35. The third-order valence-electron chi connectivity index (χ3n) is 6.23. The van der Waals surface area contributed by atoms with Gasteiger partial charge in [0.15, 0.2) is 0 Å². The van der Waals surface area contributed by atoms with E-state index in [-0.39, 0.29) is 11.8 Å². The van der Waals surface area contributed by atoms with Crippen LogP contribution in [-0.4, -0.2) is 57.6 Å². The van der Waals surface area contributed by atoms with Crippen LogP contribution >= 0.6 is 0 Å². The number of rotatable bonds is 4. The molecule has 0 radical (unpaired) electrons. The third-order valence-corrected chi connectivity index (χ3v) is 6.23. The maximum Gasteiger partial charge on any atom is 0.257 e. The van der Waals surface area contributed by atoms with Gasteiger partial charge >= 0.3 is 0 Å². The Morgan fingerprint density at radius 2 is 1.66 bits per heavy atom. The maximum atomic E-state index is 13.2. The molecule has 1 aromatic heterocycles. The number of carbonyl (C=O) groups excluding carboxylic acids is 2. The number of likely N-dealkylation sites (tertiary alicyclic amines) is 2. The summed E-state index contributed by atoms with van der Waals surface area (Å²) in [4.78, 5) is 29.9. The molecule has 4 rings (SSSR count). The van der Waals surface area contributed by atoms with Crippen LogP contribution in [0.4, 0.5) is 0 Å². The average Bonchev–Trinajstić information content (AvgIpc) is 3.23. The largest absolute Gasteiger partial charge is 0.342 e. The molecular weight excluding hydrogens is 364 g/mol. The van der Waals surface area contributed by atoms with Crippen LogP contribution in [0.5, 0.6) is 0 Å². The first-order chi connectivity index (χ1) is 14.2. The number of hydrogen-bond donors (Lipinski definition) is 0. The highest BCUT2D eigenvalue weighted by Gasteiger charge is 2.32. The standard InChI is InChI=1S/C23H30N4O2/c1-2-21-20(17-24-27(21)19-9-5-3-6-10-19)23(29)26-15-11-18(12-16-26)22(28)25-13-7-4-8-14-25/h3,5-6,9-10,17-18H,2,4,7-8,11-16H2,1H3. The molecule has 0 unspecified atom stereocenters. The van der Waals surface area contributed by atoms with Crippen molar-refractivity contribution in [2.24, 2.45) is 5.92 Å². The van der Waals surface area contributed by atoms with Gasteiger partial charge in [-0.05, 0) is 50.7 Å². The molecule has 2 aliphatic rings. The van der Waals surface area contributed by atoms with E-state index in [9.17, 15) is 9.59 Å². The van der Waals surface area contributed by atoms with Crippen molar-refractivity contribution in [2.75, 3.05) is 26.2 Å². The summed E-state index contributed by atoms with van der Waals surface area (Å²) in [6.07, 6.45) is 7.42. The van der Waals surface area contributed by atoms with Gasteiger partial charge < -0.3 is 9.80 Å². The van der Waals surface area contributed by atoms with E-state index in [2.05, 4.69) is 12.0 Å². The second-order valence-corrected chi connectivity index (χ2v) is 8.06. The first-order valence-electron chi connectivity index (χ1n) is 10.9. The molecule has 6 nitrogen and oxygen atoms in total. The Morgan fingerprint density at radius 1 is 0.966 bits per heavy atom. The molecule has 154 valence electrons. The van der Waals surface area contributed by atoms with E-state index >= 15 is 0 Å². The summed E-state index contributed by atoms with van der Waals surface area (Å²) in [5.41, 5.74) is 2.58. The molecule has 2 saturated heterocycles. The Kier molecular flexibility index (Phi) is 5.97. The second-order valence-electron chi connectivity index (χ2n) is 8.06. The molecule has 1 aromatic carbocycles. The van der Waals surface area contributed by atoms with Crippen LogP contribution in [0.2, 0.25) is 0 Å². The second kappa shape index (κ2) is 8.80. The number of hydrogen-bond acceptors (Lipinski definition) is 3. The SMILES string of the molecule is CCc1c(C(=O)N2CCC(C(=O)N3CCCCC3)CC2)cnn1-c1ccccc1. The highest BCUT2D eigenvalue weighted by Crippen LogP contribution is 2.24. The van der Waals surface area contributed by atoms with E-state index in [1.54, 1.807) is 6.20 Å². The Hall–Kier alpha value is -2.63. The number of para-hydroxylation sites is 1. The molecule has 0 atom stereocenters. The van der Waals surface area contributed by atoms with E-state index in [0.29, 0.717) is 24.6 Å². The first kappa shape index (κ1) is 19.7. The molecule has 29 heavy (non-hydrogen) atoms. The Labute approximate surface area is 172 Å². The molecule has 3 heterocycles. The fourth-order valence-corrected chi connectivity index (χ4v) is 4.56. The Bertz CT molecular complexity index is 847. The van der Waals surface area contributed by atoms with Crippen molar-refractivity contribution in [1.29, 1.82) is 0 Å². The van der Waals surface area contributed by atoms with Gasteiger partial charge in [0.05, 0.1) is 23.1 Å². The minimum Gasteiger partial charge on any atom is -0.342 e. The van der Waals surface area contributed by atoms with Crippen LogP contribution in [0.1, 0.15) is 55.1 Å². The lowest BCUT2D eigenvalue weighted by atomic mass is 9.94. The zero-order chi connectivity index (χ0) is 20.2. The van der Waals surface area contributed by atoms with Crippen molar-refractivity contribution in [1.82, 2.24) is 19.6 Å². The van der Waals surface area contributed by atoms with Crippen molar-refractivity contribution >= 4 is 11.8 Å². The molecule has 2 amide bonds. The summed E-state index contributed by atoms with van der Waals surface area (Å²) >= 11 is 0. The first-order valence-corrected chi connectivity index (χ1v) is 10.9. The van der Waals surface area contributed by atoms with Crippen LogP contribution in [0.15, 0.2) is 36.5 Å². The van der Waals surface area contributed by atoms with Gasteiger partial charge in [-0.25, -0.2) is 4.68 Å². The van der Waals surface area contributed by atoms with Crippen LogP contribution in [0.3, 0.4) is 0 Å². The van der Waals surface area contributed by atoms with Gasteiger partial charge in [-0.15, -0.1) is 0 Å². The van der Waals surface area contributed by atoms with Crippen LogP contribution in [-0.2, 0) is 11.2 Å². The highest BCUT2D eigenvalue weighted by atomic mass is 16.2. The van der Waals surface area contributed by atoms with Crippen molar-refractivity contribution in [3.8, 4) is 5.69 Å². The van der Waals surface area contributed by atoms with Crippen molar-refractivity contribution in [2.45, 2.75) is 45.4 Å². The van der Waals surface area contributed by atoms with E-state index in [1.807, 2.05) is 44.8 Å². The van der Waals surface area contributed by atoms with Gasteiger partial charge in [0.2, 0.25) is 5.91 Å². The van der Waals surface area contributed by atoms with E-state index in [1.165, 1.54) is 6.42 Å². The van der Waals surface area contributed by atoms with Gasteiger partial charge in [-0.1, -0.05) is 25.1 Å². The van der Waals surface area contributed by atoms with Crippen LogP contribution in [0, 0.1) is 5.92 Å².